The van der Waals surface area contributed by atoms with Crippen LogP contribution in [-0.4, -0.2) is 41.8 Å². The molecule has 0 atom stereocenters. The molecule has 0 amide bonds. The van der Waals surface area contributed by atoms with E-state index in [-0.39, 0.29) is 0 Å². The van der Waals surface area contributed by atoms with E-state index in [1.54, 1.807) is 0 Å². The molecule has 1 fully saturated rings. The molecule has 3 heteroatoms. The fourth-order valence-corrected chi connectivity index (χ4v) is 2.72. The molecule has 0 aromatic rings. The van der Waals surface area contributed by atoms with Gasteiger partial charge in [0.25, 0.3) is 0 Å². The molecular weight excluding hydrogens is 183 g/mol. The molecule has 1 rings (SSSR count). The molecule has 88 valence electrons. The van der Waals surface area contributed by atoms with Gasteiger partial charge in [0.1, 0.15) is 0 Å². The van der Waals surface area contributed by atoms with Crippen LogP contribution in [0.4, 0.5) is 0 Å². The monoisotopic (exact) mass is 210 g/mol. The van der Waals surface area contributed by atoms with E-state index in [0.717, 1.165) is 0 Å². The van der Waals surface area contributed by atoms with Crippen molar-refractivity contribution in [1.29, 1.82) is 0 Å². The van der Waals surface area contributed by atoms with E-state index >= 15 is 0 Å². The minimum Gasteiger partial charge on any atom is -0.326 e. The lowest BCUT2D eigenvalue weighted by Gasteiger charge is -2.45. The molecule has 0 aromatic heterocycles. The average Bonchev–Trinajstić information content (AvgIpc) is 2.17. The summed E-state index contributed by atoms with van der Waals surface area (Å²) in [5.74, 6) is 0. The number of nitrogens with zero attached hydrogens (tertiary/aromatic N) is 2. The Bertz CT molecular complexity index is 166. The average molecular weight is 210 g/mol. The van der Waals surface area contributed by atoms with Crippen molar-refractivity contribution in [1.82, 2.24) is 9.62 Å². The highest BCUT2D eigenvalue weighted by molar-refractivity contribution is 6.53. The second kappa shape index (κ2) is 5.90. The van der Waals surface area contributed by atoms with Gasteiger partial charge in [-0.2, -0.15) is 0 Å². The second-order valence-corrected chi connectivity index (χ2v) is 5.29. The third kappa shape index (κ3) is 3.22. The highest BCUT2D eigenvalue weighted by Crippen LogP contribution is 2.20. The van der Waals surface area contributed by atoms with Crippen LogP contribution in [0.3, 0.4) is 0 Å². The molecule has 1 heterocycles. The summed E-state index contributed by atoms with van der Waals surface area (Å²) in [4.78, 5) is 5.35. The summed E-state index contributed by atoms with van der Waals surface area (Å²) in [5.41, 5.74) is 0. The van der Waals surface area contributed by atoms with Crippen LogP contribution >= 0.6 is 0 Å². The van der Waals surface area contributed by atoms with Crippen LogP contribution in [0.15, 0.2) is 0 Å². The van der Waals surface area contributed by atoms with Gasteiger partial charge in [0.2, 0.25) is 0 Å². The summed E-state index contributed by atoms with van der Waals surface area (Å²) in [5, 5.41) is 0. The zero-order valence-corrected chi connectivity index (χ0v) is 11.2. The molecule has 0 bridgehead atoms. The quantitative estimate of drug-likeness (QED) is 0.658. The molecular formula is C12H27BN2. The Kier molecular flexibility index (Phi) is 5.14. The zero-order valence-electron chi connectivity index (χ0n) is 11.2. The molecule has 0 radical (unpaired) electrons. The standard InChI is InChI=1S/C12H27BN2/c1-6-8-13-14(11(2)3)9-7-10-15(13)12(4)5/h11-12H,6-10H2,1-5H3. The van der Waals surface area contributed by atoms with Crippen molar-refractivity contribution < 1.29 is 0 Å². The Morgan fingerprint density at radius 1 is 1.00 bits per heavy atom. The Morgan fingerprint density at radius 2 is 1.47 bits per heavy atom. The van der Waals surface area contributed by atoms with Crippen LogP contribution in [0.1, 0.15) is 47.5 Å². The highest BCUT2D eigenvalue weighted by atomic mass is 15.3. The third-order valence-electron chi connectivity index (χ3n) is 3.47. The van der Waals surface area contributed by atoms with E-state index in [4.69, 9.17) is 0 Å². The smallest absolute Gasteiger partial charge is 0.311 e. The summed E-state index contributed by atoms with van der Waals surface area (Å²) in [7, 11) is 0. The van der Waals surface area contributed by atoms with Crippen LogP contribution in [0.2, 0.25) is 6.32 Å². The fraction of sp³-hybridized carbons (Fsp3) is 1.00. The maximum Gasteiger partial charge on any atom is 0.311 e. The predicted molar refractivity (Wildman–Crippen MR) is 69.2 cm³/mol. The number of hydrogen-bond donors (Lipinski definition) is 0. The van der Waals surface area contributed by atoms with Gasteiger partial charge in [0, 0.05) is 0 Å². The largest absolute Gasteiger partial charge is 0.326 e. The molecule has 1 aliphatic rings. The first kappa shape index (κ1) is 13.1. The van der Waals surface area contributed by atoms with E-state index in [1.165, 1.54) is 32.3 Å². The van der Waals surface area contributed by atoms with Gasteiger partial charge in [-0.05, 0) is 37.9 Å². The molecule has 1 saturated heterocycles. The van der Waals surface area contributed by atoms with Gasteiger partial charge in [-0.1, -0.05) is 41.0 Å². The summed E-state index contributed by atoms with van der Waals surface area (Å²) in [6, 6.07) is 1.37. The number of hydrogen-bond acceptors (Lipinski definition) is 2. The molecule has 2 nitrogen and oxygen atoms in total. The molecule has 0 unspecified atom stereocenters. The van der Waals surface area contributed by atoms with Crippen LogP contribution in [0.25, 0.3) is 0 Å². The highest BCUT2D eigenvalue weighted by Gasteiger charge is 2.35. The SMILES string of the molecule is CCCB1N(C(C)C)CCCN1C(C)C. The lowest BCUT2D eigenvalue weighted by Crippen LogP contribution is -2.61. The van der Waals surface area contributed by atoms with E-state index in [0.29, 0.717) is 19.1 Å². The van der Waals surface area contributed by atoms with Crippen LogP contribution in [0, 0.1) is 0 Å². The molecule has 0 N–H and O–H groups in total. The summed E-state index contributed by atoms with van der Waals surface area (Å²) in [6.45, 7) is 14.9. The number of rotatable bonds is 4. The van der Waals surface area contributed by atoms with Crippen LogP contribution in [0.5, 0.6) is 0 Å². The Hall–Kier alpha value is -0.0151. The van der Waals surface area contributed by atoms with Gasteiger partial charge in [-0.15, -0.1) is 0 Å². The Balaban J connectivity index is 2.71. The van der Waals surface area contributed by atoms with E-state index in [9.17, 15) is 0 Å². The topological polar surface area (TPSA) is 6.48 Å². The second-order valence-electron chi connectivity index (χ2n) is 5.29. The van der Waals surface area contributed by atoms with Crippen LogP contribution in [-0.2, 0) is 0 Å². The van der Waals surface area contributed by atoms with Crippen molar-refractivity contribution in [3.8, 4) is 0 Å². The van der Waals surface area contributed by atoms with Crippen molar-refractivity contribution in [2.24, 2.45) is 0 Å². The van der Waals surface area contributed by atoms with Gasteiger partial charge in [-0.3, -0.25) is 0 Å². The normalized spacial score (nSPS) is 20.6. The fourth-order valence-electron chi connectivity index (χ4n) is 2.72. The zero-order chi connectivity index (χ0) is 11.4. The van der Waals surface area contributed by atoms with Crippen molar-refractivity contribution in [2.75, 3.05) is 13.1 Å². The van der Waals surface area contributed by atoms with Gasteiger partial charge >= 0.3 is 6.98 Å². The first-order valence-corrected chi connectivity index (χ1v) is 6.59. The van der Waals surface area contributed by atoms with Crippen molar-refractivity contribution >= 4 is 6.98 Å². The van der Waals surface area contributed by atoms with Gasteiger partial charge in [-0.25, -0.2) is 0 Å². The van der Waals surface area contributed by atoms with Gasteiger partial charge < -0.3 is 9.62 Å². The third-order valence-corrected chi connectivity index (χ3v) is 3.47. The summed E-state index contributed by atoms with van der Waals surface area (Å²) < 4.78 is 0. The minimum atomic E-state index is 0.683. The van der Waals surface area contributed by atoms with Crippen molar-refractivity contribution in [3.63, 3.8) is 0 Å². The Labute approximate surface area is 96.1 Å². The maximum absolute atomic E-state index is 2.67. The lowest BCUT2D eigenvalue weighted by atomic mass is 9.63. The van der Waals surface area contributed by atoms with Gasteiger partial charge in [0.15, 0.2) is 0 Å². The Morgan fingerprint density at radius 3 is 1.80 bits per heavy atom. The molecule has 0 aromatic carbocycles. The van der Waals surface area contributed by atoms with Crippen molar-refractivity contribution in [3.05, 3.63) is 0 Å². The molecule has 1 aliphatic heterocycles. The lowest BCUT2D eigenvalue weighted by molar-refractivity contribution is 0.224. The first-order chi connectivity index (χ1) is 7.07. The summed E-state index contributed by atoms with van der Waals surface area (Å²) in [6.07, 6.45) is 3.93. The van der Waals surface area contributed by atoms with Crippen molar-refractivity contribution in [2.45, 2.75) is 65.9 Å². The molecule has 0 spiro atoms. The van der Waals surface area contributed by atoms with Gasteiger partial charge in [0.05, 0.1) is 0 Å². The molecule has 15 heavy (non-hydrogen) atoms. The molecule has 0 aliphatic carbocycles. The molecule has 0 saturated carbocycles. The van der Waals surface area contributed by atoms with E-state index in [1.807, 2.05) is 0 Å². The van der Waals surface area contributed by atoms with E-state index < -0.39 is 0 Å². The predicted octanol–water partition coefficient (Wildman–Crippen LogP) is 2.71. The summed E-state index contributed by atoms with van der Waals surface area (Å²) >= 11 is 0. The first-order valence-electron chi connectivity index (χ1n) is 6.59. The van der Waals surface area contributed by atoms with E-state index in [2.05, 4.69) is 44.2 Å². The van der Waals surface area contributed by atoms with Crippen LogP contribution < -0.4 is 0 Å². The minimum absolute atomic E-state index is 0.683. The maximum atomic E-state index is 2.67.